The molecule has 14 atom stereocenters. The third-order valence-corrected chi connectivity index (χ3v) is 16.2. The molecule has 11 heteroatoms. The lowest BCUT2D eigenvalue weighted by Crippen LogP contribution is -2.60. The number of carbonyl (C=O) groups is 1. The number of fused-ring (bicyclic) bond motifs is 4. The first-order chi connectivity index (χ1) is 23.1. The van der Waals surface area contributed by atoms with E-state index < -0.39 is 54.9 Å². The van der Waals surface area contributed by atoms with Gasteiger partial charge in [0.2, 0.25) is 0 Å². The number of alkyl halides is 3. The summed E-state index contributed by atoms with van der Waals surface area (Å²) in [6.45, 7) is 17.5. The van der Waals surface area contributed by atoms with E-state index in [4.69, 9.17) is 18.9 Å². The Bertz CT molecular complexity index is 1320. The number of hydrogen-bond donors (Lipinski definition) is 2. The first kappa shape index (κ1) is 37.3. The van der Waals surface area contributed by atoms with Crippen LogP contribution >= 0.6 is 0 Å². The van der Waals surface area contributed by atoms with E-state index in [9.17, 15) is 28.2 Å². The van der Waals surface area contributed by atoms with Crippen molar-refractivity contribution in [2.45, 2.75) is 162 Å². The van der Waals surface area contributed by atoms with Gasteiger partial charge in [0.15, 0.2) is 12.4 Å². The molecule has 50 heavy (non-hydrogen) atoms. The summed E-state index contributed by atoms with van der Waals surface area (Å²) in [4.78, 5) is 13.9. The number of aliphatic hydroxyl groups is 2. The maximum Gasteiger partial charge on any atom is 0.390 e. The van der Waals surface area contributed by atoms with Crippen LogP contribution in [0.1, 0.15) is 113 Å². The second kappa shape index (κ2) is 12.0. The van der Waals surface area contributed by atoms with Gasteiger partial charge in [-0.1, -0.05) is 34.6 Å². The molecule has 2 N–H and O–H groups in total. The number of halogens is 3. The van der Waals surface area contributed by atoms with Crippen LogP contribution in [-0.2, 0) is 23.7 Å². The fourth-order valence-corrected chi connectivity index (χ4v) is 14.0. The Labute approximate surface area is 296 Å². The Morgan fingerprint density at radius 2 is 1.72 bits per heavy atom. The molecule has 5 saturated carbocycles. The standard InChI is InChI=1S/C39H62F3NO7/c1-22-19-24(32(34(5,6)46)48-23(2)44)49-30-29(22)35(7)13-14-38-21-37(38)12-11-27(50-28-20-43(17-18-47-28)16-15-39(40,41)42)33(3,4)25(37)9-10-26(38)36(35,8)31(30)45/h22,24-32,45-46H,9-21H2,1-8H3/t22-,24-,25+,26+,27+,28+,29+,30+,31+,32+,35-,36-,37-,38+/m1/s1. The van der Waals surface area contributed by atoms with Gasteiger partial charge < -0.3 is 29.2 Å². The molecule has 2 saturated heterocycles. The smallest absolute Gasteiger partial charge is 0.390 e. The van der Waals surface area contributed by atoms with Gasteiger partial charge in [-0.25, -0.2) is 0 Å². The van der Waals surface area contributed by atoms with Crippen molar-refractivity contribution in [3.63, 3.8) is 0 Å². The van der Waals surface area contributed by atoms with Crippen LogP contribution in [0.3, 0.4) is 0 Å². The first-order valence-corrected chi connectivity index (χ1v) is 19.4. The summed E-state index contributed by atoms with van der Waals surface area (Å²) in [6.07, 6.45) is 0.131. The molecule has 2 aliphatic heterocycles. The normalized spacial score (nSPS) is 49.1. The molecule has 0 bridgehead atoms. The Balaban J connectivity index is 1.09. The molecule has 7 aliphatic rings. The molecule has 7 rings (SSSR count). The molecular formula is C39H62F3NO7. The highest BCUT2D eigenvalue weighted by atomic mass is 19.4. The molecule has 0 unspecified atom stereocenters. The molecule has 2 spiro atoms. The van der Waals surface area contributed by atoms with Crippen LogP contribution in [0, 0.1) is 50.7 Å². The first-order valence-electron chi connectivity index (χ1n) is 19.4. The molecule has 286 valence electrons. The molecule has 7 fully saturated rings. The molecule has 5 aliphatic carbocycles. The lowest BCUT2D eigenvalue weighted by Gasteiger charge is -2.64. The lowest BCUT2D eigenvalue weighted by atomic mass is 9.41. The maximum absolute atomic E-state index is 12.9. The number of ether oxygens (including phenoxy) is 4. The fourth-order valence-electron chi connectivity index (χ4n) is 14.0. The van der Waals surface area contributed by atoms with Crippen LogP contribution in [0.4, 0.5) is 13.2 Å². The third kappa shape index (κ3) is 5.46. The fraction of sp³-hybridized carbons (Fsp3) is 0.974. The van der Waals surface area contributed by atoms with Crippen LogP contribution < -0.4 is 0 Å². The Kier molecular flexibility index (Phi) is 8.97. The summed E-state index contributed by atoms with van der Waals surface area (Å²) in [5.74, 6) is 0.743. The lowest BCUT2D eigenvalue weighted by molar-refractivity contribution is -0.250. The number of morpholine rings is 1. The summed E-state index contributed by atoms with van der Waals surface area (Å²) in [7, 11) is 0. The van der Waals surface area contributed by atoms with Gasteiger partial charge in [0, 0.05) is 32.0 Å². The zero-order chi connectivity index (χ0) is 36.4. The van der Waals surface area contributed by atoms with Crippen LogP contribution in [0.5, 0.6) is 0 Å². The van der Waals surface area contributed by atoms with Crippen molar-refractivity contribution in [1.29, 1.82) is 0 Å². The quantitative estimate of drug-likeness (QED) is 0.289. The number of esters is 1. The van der Waals surface area contributed by atoms with Gasteiger partial charge in [0.25, 0.3) is 0 Å². The number of nitrogens with zero attached hydrogens (tertiary/aromatic N) is 1. The van der Waals surface area contributed by atoms with Crippen molar-refractivity contribution in [3.05, 3.63) is 0 Å². The zero-order valence-corrected chi connectivity index (χ0v) is 31.5. The van der Waals surface area contributed by atoms with Crippen molar-refractivity contribution >= 4 is 5.97 Å². The second-order valence-corrected chi connectivity index (χ2v) is 19.3. The summed E-state index contributed by atoms with van der Waals surface area (Å²) < 4.78 is 63.9. The predicted octanol–water partition coefficient (Wildman–Crippen LogP) is 6.50. The van der Waals surface area contributed by atoms with Gasteiger partial charge in [-0.3, -0.25) is 9.69 Å². The van der Waals surface area contributed by atoms with Crippen LogP contribution in [0.2, 0.25) is 0 Å². The van der Waals surface area contributed by atoms with Crippen molar-refractivity contribution in [2.24, 2.45) is 50.7 Å². The minimum atomic E-state index is -4.17. The van der Waals surface area contributed by atoms with E-state index in [0.717, 1.165) is 38.5 Å². The van der Waals surface area contributed by atoms with E-state index in [1.807, 2.05) is 4.90 Å². The van der Waals surface area contributed by atoms with Crippen molar-refractivity contribution in [2.75, 3.05) is 26.2 Å². The Hall–Kier alpha value is -0.980. The molecule has 0 aromatic heterocycles. The van der Waals surface area contributed by atoms with E-state index in [-0.39, 0.29) is 51.6 Å². The van der Waals surface area contributed by atoms with E-state index in [1.54, 1.807) is 13.8 Å². The molecule has 0 radical (unpaired) electrons. The molecule has 0 amide bonds. The average Bonchev–Trinajstić information content (AvgIpc) is 3.64. The summed E-state index contributed by atoms with van der Waals surface area (Å²) >= 11 is 0. The van der Waals surface area contributed by atoms with Gasteiger partial charge in [0.1, 0.15) is 0 Å². The van der Waals surface area contributed by atoms with Gasteiger partial charge in [-0.15, -0.1) is 0 Å². The van der Waals surface area contributed by atoms with E-state index in [1.165, 1.54) is 13.3 Å². The van der Waals surface area contributed by atoms with E-state index in [2.05, 4.69) is 34.6 Å². The maximum atomic E-state index is 12.9. The van der Waals surface area contributed by atoms with Crippen molar-refractivity contribution in [1.82, 2.24) is 4.90 Å². The van der Waals surface area contributed by atoms with Gasteiger partial charge >= 0.3 is 12.1 Å². The van der Waals surface area contributed by atoms with Gasteiger partial charge in [-0.05, 0) is 111 Å². The molecule has 2 heterocycles. The van der Waals surface area contributed by atoms with Crippen LogP contribution in [-0.4, -0.2) is 95.9 Å². The molecule has 0 aromatic rings. The number of carbonyl (C=O) groups excluding carboxylic acids is 1. The topological polar surface area (TPSA) is 97.7 Å². The second-order valence-electron chi connectivity index (χ2n) is 19.3. The molecule has 8 nitrogen and oxygen atoms in total. The summed E-state index contributed by atoms with van der Waals surface area (Å²) in [5, 5.41) is 23.6. The average molecular weight is 714 g/mol. The molecule has 0 aromatic carbocycles. The Morgan fingerprint density at radius 3 is 2.38 bits per heavy atom. The highest BCUT2D eigenvalue weighted by Crippen LogP contribution is 2.89. The minimum Gasteiger partial charge on any atom is -0.457 e. The highest BCUT2D eigenvalue weighted by Gasteiger charge is 2.84. The van der Waals surface area contributed by atoms with Crippen LogP contribution in [0.25, 0.3) is 0 Å². The zero-order valence-electron chi connectivity index (χ0n) is 31.5. The van der Waals surface area contributed by atoms with Crippen molar-refractivity contribution in [3.8, 4) is 0 Å². The number of aliphatic hydroxyl groups excluding tert-OH is 1. The summed E-state index contributed by atoms with van der Waals surface area (Å²) in [5.41, 5.74) is -1.53. The largest absolute Gasteiger partial charge is 0.457 e. The van der Waals surface area contributed by atoms with E-state index in [0.29, 0.717) is 38.0 Å². The highest BCUT2D eigenvalue weighted by molar-refractivity contribution is 5.66. The Morgan fingerprint density at radius 1 is 1.04 bits per heavy atom. The molecular weight excluding hydrogens is 651 g/mol. The van der Waals surface area contributed by atoms with Gasteiger partial charge in [0.05, 0.1) is 43.0 Å². The van der Waals surface area contributed by atoms with E-state index >= 15 is 0 Å². The number of hydrogen-bond acceptors (Lipinski definition) is 8. The summed E-state index contributed by atoms with van der Waals surface area (Å²) in [6, 6.07) is 0. The van der Waals surface area contributed by atoms with Crippen LogP contribution in [0.15, 0.2) is 0 Å². The monoisotopic (exact) mass is 713 g/mol. The SMILES string of the molecule is CC(=O)O[C@@H]([C@H]1C[C@@H](C)[C@H]2[C@H](O1)[C@H](O)[C@@]1(C)[C@@H]3CC[C@H]4C(C)(C)[C@@H](O[C@H]5CN(CCC(F)(F)F)CCO5)CC[C@@]45C[C@@]35CC[C@]21C)C(C)(C)O. The predicted molar refractivity (Wildman–Crippen MR) is 180 cm³/mol. The third-order valence-electron chi connectivity index (χ3n) is 16.2. The minimum absolute atomic E-state index is 0.0294. The van der Waals surface area contributed by atoms with Gasteiger partial charge in [-0.2, -0.15) is 13.2 Å². The van der Waals surface area contributed by atoms with Crippen molar-refractivity contribution < 1.29 is 47.1 Å². The number of rotatable bonds is 7.